The van der Waals surface area contributed by atoms with Crippen LogP contribution in [-0.2, 0) is 9.59 Å². The summed E-state index contributed by atoms with van der Waals surface area (Å²) in [4.78, 5) is 36.5. The second-order valence-corrected chi connectivity index (χ2v) is 6.38. The Labute approximate surface area is 124 Å². The molecule has 118 valence electrons. The monoisotopic (exact) mass is 297 g/mol. The average molecular weight is 297 g/mol. The van der Waals surface area contributed by atoms with Gasteiger partial charge in [0.25, 0.3) is 5.91 Å². The van der Waals surface area contributed by atoms with Gasteiger partial charge in [0.15, 0.2) is 0 Å². The molecule has 2 atom stereocenters. The lowest BCUT2D eigenvalue weighted by atomic mass is 9.97. The number of aliphatic hydroxyl groups is 1. The maximum atomic E-state index is 12.0. The fourth-order valence-electron chi connectivity index (χ4n) is 3.03. The summed E-state index contributed by atoms with van der Waals surface area (Å²) in [5.41, 5.74) is -0.954. The van der Waals surface area contributed by atoms with Gasteiger partial charge in [-0.05, 0) is 38.5 Å². The normalized spacial score (nSPS) is 27.9. The van der Waals surface area contributed by atoms with Crippen molar-refractivity contribution >= 4 is 17.8 Å². The molecular formula is C14H23N3O4. The SMILES string of the molecule is CC1(C)NC(=O)N(CC(=O)NCC2CCCC2CO)C1=O. The highest BCUT2D eigenvalue weighted by Crippen LogP contribution is 2.30. The zero-order chi connectivity index (χ0) is 15.6. The van der Waals surface area contributed by atoms with Crippen molar-refractivity contribution < 1.29 is 19.5 Å². The van der Waals surface area contributed by atoms with Gasteiger partial charge in [-0.25, -0.2) is 4.79 Å². The van der Waals surface area contributed by atoms with Gasteiger partial charge in [0, 0.05) is 13.2 Å². The number of carbonyl (C=O) groups excluding carboxylic acids is 3. The van der Waals surface area contributed by atoms with Crippen LogP contribution in [0.15, 0.2) is 0 Å². The van der Waals surface area contributed by atoms with E-state index < -0.39 is 17.5 Å². The zero-order valence-electron chi connectivity index (χ0n) is 12.5. The van der Waals surface area contributed by atoms with Crippen LogP contribution in [0.25, 0.3) is 0 Å². The molecule has 0 radical (unpaired) electrons. The molecule has 1 saturated heterocycles. The number of hydrogen-bond acceptors (Lipinski definition) is 4. The number of carbonyl (C=O) groups is 3. The summed E-state index contributed by atoms with van der Waals surface area (Å²) >= 11 is 0. The van der Waals surface area contributed by atoms with E-state index in [1.54, 1.807) is 13.8 Å². The molecule has 3 N–H and O–H groups in total. The van der Waals surface area contributed by atoms with E-state index in [4.69, 9.17) is 0 Å². The molecular weight excluding hydrogens is 274 g/mol. The summed E-state index contributed by atoms with van der Waals surface area (Å²) in [5.74, 6) is -0.226. The molecule has 1 aliphatic heterocycles. The van der Waals surface area contributed by atoms with Crippen LogP contribution in [-0.4, -0.2) is 53.1 Å². The maximum Gasteiger partial charge on any atom is 0.325 e. The highest BCUT2D eigenvalue weighted by atomic mass is 16.3. The molecule has 2 fully saturated rings. The number of amides is 4. The second-order valence-electron chi connectivity index (χ2n) is 6.38. The summed E-state index contributed by atoms with van der Waals surface area (Å²) in [5, 5.41) is 14.5. The fraction of sp³-hybridized carbons (Fsp3) is 0.786. The Morgan fingerprint density at radius 2 is 2.05 bits per heavy atom. The van der Waals surface area contributed by atoms with E-state index in [1.165, 1.54) is 0 Å². The quantitative estimate of drug-likeness (QED) is 0.614. The van der Waals surface area contributed by atoms with Gasteiger partial charge in [0.2, 0.25) is 5.91 Å². The van der Waals surface area contributed by atoms with Gasteiger partial charge in [-0.3, -0.25) is 14.5 Å². The summed E-state index contributed by atoms with van der Waals surface area (Å²) in [6, 6.07) is -0.533. The summed E-state index contributed by atoms with van der Waals surface area (Å²) in [7, 11) is 0. The van der Waals surface area contributed by atoms with E-state index in [1.807, 2.05) is 0 Å². The summed E-state index contributed by atoms with van der Waals surface area (Å²) in [6.07, 6.45) is 3.03. The molecule has 4 amide bonds. The van der Waals surface area contributed by atoms with Crippen molar-refractivity contribution in [3.63, 3.8) is 0 Å². The van der Waals surface area contributed by atoms with E-state index >= 15 is 0 Å². The van der Waals surface area contributed by atoms with Crippen LogP contribution in [0, 0.1) is 11.8 Å². The number of aliphatic hydroxyl groups excluding tert-OH is 1. The molecule has 1 heterocycles. The number of rotatable bonds is 5. The van der Waals surface area contributed by atoms with Crippen LogP contribution in [0.1, 0.15) is 33.1 Å². The Kier molecular flexibility index (Phi) is 4.51. The van der Waals surface area contributed by atoms with Crippen LogP contribution in [0.5, 0.6) is 0 Å². The van der Waals surface area contributed by atoms with Crippen LogP contribution < -0.4 is 10.6 Å². The fourth-order valence-corrected chi connectivity index (χ4v) is 3.03. The third-order valence-corrected chi connectivity index (χ3v) is 4.36. The number of nitrogens with one attached hydrogen (secondary N) is 2. The van der Waals surface area contributed by atoms with Crippen LogP contribution in [0.4, 0.5) is 4.79 Å². The molecule has 1 saturated carbocycles. The number of hydrogen-bond donors (Lipinski definition) is 3. The molecule has 0 aromatic rings. The molecule has 0 aromatic heterocycles. The molecule has 21 heavy (non-hydrogen) atoms. The molecule has 7 nitrogen and oxygen atoms in total. The predicted octanol–water partition coefficient (Wildman–Crippen LogP) is -0.158. The number of urea groups is 1. The Balaban J connectivity index is 1.82. The highest BCUT2D eigenvalue weighted by molar-refractivity contribution is 6.08. The van der Waals surface area contributed by atoms with Gasteiger partial charge in [-0.15, -0.1) is 0 Å². The smallest absolute Gasteiger partial charge is 0.325 e. The number of nitrogens with zero attached hydrogens (tertiary/aromatic N) is 1. The molecule has 1 aliphatic carbocycles. The van der Waals surface area contributed by atoms with Crippen LogP contribution >= 0.6 is 0 Å². The van der Waals surface area contributed by atoms with E-state index in [9.17, 15) is 19.5 Å². The lowest BCUT2D eigenvalue weighted by Crippen LogP contribution is -2.44. The number of imide groups is 1. The van der Waals surface area contributed by atoms with Crippen molar-refractivity contribution in [3.8, 4) is 0 Å². The van der Waals surface area contributed by atoms with E-state index in [0.29, 0.717) is 6.54 Å². The third kappa shape index (κ3) is 3.34. The van der Waals surface area contributed by atoms with Crippen molar-refractivity contribution in [3.05, 3.63) is 0 Å². The Morgan fingerprint density at radius 3 is 2.62 bits per heavy atom. The first-order valence-corrected chi connectivity index (χ1v) is 7.37. The van der Waals surface area contributed by atoms with Gasteiger partial charge in [0.05, 0.1) is 0 Å². The van der Waals surface area contributed by atoms with E-state index in [-0.39, 0.29) is 30.9 Å². The highest BCUT2D eigenvalue weighted by Gasteiger charge is 2.44. The average Bonchev–Trinajstić information content (AvgIpc) is 2.94. The lowest BCUT2D eigenvalue weighted by molar-refractivity contribution is -0.134. The van der Waals surface area contributed by atoms with Crippen molar-refractivity contribution in [2.45, 2.75) is 38.6 Å². The third-order valence-electron chi connectivity index (χ3n) is 4.36. The minimum absolute atomic E-state index is 0.141. The predicted molar refractivity (Wildman–Crippen MR) is 75.3 cm³/mol. The van der Waals surface area contributed by atoms with E-state index in [2.05, 4.69) is 10.6 Å². The lowest BCUT2D eigenvalue weighted by Gasteiger charge is -2.19. The Hall–Kier alpha value is -1.63. The minimum Gasteiger partial charge on any atom is -0.396 e. The van der Waals surface area contributed by atoms with Crippen molar-refractivity contribution in [1.82, 2.24) is 15.5 Å². The Bertz CT molecular complexity index is 450. The van der Waals surface area contributed by atoms with Gasteiger partial charge in [0.1, 0.15) is 12.1 Å². The van der Waals surface area contributed by atoms with Crippen LogP contribution in [0.3, 0.4) is 0 Å². The van der Waals surface area contributed by atoms with Gasteiger partial charge in [-0.1, -0.05) is 6.42 Å². The molecule has 2 rings (SSSR count). The zero-order valence-corrected chi connectivity index (χ0v) is 12.5. The molecule has 7 heteroatoms. The van der Waals surface area contributed by atoms with Crippen molar-refractivity contribution in [2.24, 2.45) is 11.8 Å². The maximum absolute atomic E-state index is 12.0. The first-order chi connectivity index (χ1) is 9.85. The molecule has 0 spiro atoms. The molecule has 2 aliphatic rings. The Morgan fingerprint density at radius 1 is 1.38 bits per heavy atom. The minimum atomic E-state index is -0.954. The van der Waals surface area contributed by atoms with Crippen molar-refractivity contribution in [2.75, 3.05) is 19.7 Å². The first kappa shape index (κ1) is 15.8. The standard InChI is InChI=1S/C14H23N3O4/c1-14(2)12(20)17(13(21)16-14)7-11(19)15-6-9-4-3-5-10(9)8-18/h9-10,18H,3-8H2,1-2H3,(H,15,19)(H,16,21). The van der Waals surface area contributed by atoms with E-state index in [0.717, 1.165) is 24.2 Å². The topological polar surface area (TPSA) is 98.7 Å². The summed E-state index contributed by atoms with van der Waals surface area (Å²) < 4.78 is 0. The second kappa shape index (κ2) is 6.01. The van der Waals surface area contributed by atoms with Gasteiger partial charge < -0.3 is 15.7 Å². The summed E-state index contributed by atoms with van der Waals surface area (Å²) in [6.45, 7) is 3.58. The molecule has 0 aromatic carbocycles. The van der Waals surface area contributed by atoms with Gasteiger partial charge in [-0.2, -0.15) is 0 Å². The molecule has 2 unspecified atom stereocenters. The molecule has 0 bridgehead atoms. The van der Waals surface area contributed by atoms with Crippen molar-refractivity contribution in [1.29, 1.82) is 0 Å². The largest absolute Gasteiger partial charge is 0.396 e. The first-order valence-electron chi connectivity index (χ1n) is 7.37. The van der Waals surface area contributed by atoms with Gasteiger partial charge >= 0.3 is 6.03 Å². The van der Waals surface area contributed by atoms with Crippen LogP contribution in [0.2, 0.25) is 0 Å².